The van der Waals surface area contributed by atoms with Crippen molar-refractivity contribution < 1.29 is 4.21 Å². The van der Waals surface area contributed by atoms with Crippen LogP contribution in [0.25, 0.3) is 0 Å². The molecule has 0 aromatic rings. The molecular formula is C12H24N2OS. The van der Waals surface area contributed by atoms with Crippen molar-refractivity contribution in [3.8, 4) is 0 Å². The lowest BCUT2D eigenvalue weighted by Crippen LogP contribution is -2.42. The summed E-state index contributed by atoms with van der Waals surface area (Å²) >= 11 is 0. The van der Waals surface area contributed by atoms with Crippen LogP contribution in [0.1, 0.15) is 26.2 Å². The summed E-state index contributed by atoms with van der Waals surface area (Å²) in [6, 6.07) is 1.25. The highest BCUT2D eigenvalue weighted by Gasteiger charge is 2.30. The van der Waals surface area contributed by atoms with Crippen LogP contribution in [0, 0.1) is 0 Å². The summed E-state index contributed by atoms with van der Waals surface area (Å²) in [5.74, 6) is 0.826. The largest absolute Gasteiger partial charge is 0.299 e. The molecule has 0 spiro atoms. The fraction of sp³-hybridized carbons (Fsp3) is 1.00. The van der Waals surface area contributed by atoms with E-state index >= 15 is 0 Å². The van der Waals surface area contributed by atoms with Gasteiger partial charge in [-0.15, -0.1) is 0 Å². The van der Waals surface area contributed by atoms with Crippen molar-refractivity contribution in [2.24, 2.45) is 0 Å². The van der Waals surface area contributed by atoms with Gasteiger partial charge in [-0.2, -0.15) is 0 Å². The summed E-state index contributed by atoms with van der Waals surface area (Å²) in [5.41, 5.74) is 0. The third kappa shape index (κ3) is 3.05. The lowest BCUT2D eigenvalue weighted by Gasteiger charge is -2.30. The molecule has 4 heteroatoms. The molecule has 0 aliphatic carbocycles. The van der Waals surface area contributed by atoms with Crippen molar-refractivity contribution in [3.05, 3.63) is 0 Å². The van der Waals surface area contributed by atoms with Crippen LogP contribution < -0.4 is 0 Å². The number of rotatable bonds is 3. The van der Waals surface area contributed by atoms with Gasteiger partial charge in [-0.25, -0.2) is 0 Å². The first-order valence-electron chi connectivity index (χ1n) is 6.45. The molecule has 0 amide bonds. The van der Waals surface area contributed by atoms with Gasteiger partial charge in [-0.05, 0) is 45.8 Å². The SMILES string of the molecule is CC(CS(C)=O)N1CCCN2CCCC2C1. The van der Waals surface area contributed by atoms with Crippen LogP contribution in [0.3, 0.4) is 0 Å². The predicted octanol–water partition coefficient (Wildman–Crippen LogP) is 0.924. The molecule has 2 heterocycles. The molecule has 3 unspecified atom stereocenters. The van der Waals surface area contributed by atoms with Gasteiger partial charge >= 0.3 is 0 Å². The van der Waals surface area contributed by atoms with Crippen LogP contribution in [-0.4, -0.2) is 64.3 Å². The normalized spacial score (nSPS) is 32.0. The first-order valence-corrected chi connectivity index (χ1v) is 8.17. The molecule has 2 rings (SSSR count). The van der Waals surface area contributed by atoms with Crippen molar-refractivity contribution in [2.45, 2.75) is 38.3 Å². The molecule has 0 aromatic heterocycles. The highest BCUT2D eigenvalue weighted by atomic mass is 32.2. The van der Waals surface area contributed by atoms with E-state index in [-0.39, 0.29) is 0 Å². The maximum absolute atomic E-state index is 11.3. The molecule has 3 nitrogen and oxygen atoms in total. The highest BCUT2D eigenvalue weighted by Crippen LogP contribution is 2.22. The molecule has 2 aliphatic heterocycles. The minimum Gasteiger partial charge on any atom is -0.299 e. The second-order valence-corrected chi connectivity index (χ2v) is 6.75. The average Bonchev–Trinajstić information content (AvgIpc) is 2.54. The molecule has 3 atom stereocenters. The van der Waals surface area contributed by atoms with Gasteiger partial charge in [0.2, 0.25) is 0 Å². The Bertz CT molecular complexity index is 259. The summed E-state index contributed by atoms with van der Waals surface area (Å²) in [7, 11) is -0.665. The smallest absolute Gasteiger partial charge is 0.0385 e. The van der Waals surface area contributed by atoms with Gasteiger partial charge in [-0.3, -0.25) is 14.0 Å². The summed E-state index contributed by atoms with van der Waals surface area (Å²) in [6.45, 7) is 7.17. The molecular weight excluding hydrogens is 220 g/mol. The maximum Gasteiger partial charge on any atom is 0.0385 e. The number of hydrogen-bond acceptors (Lipinski definition) is 3. The second-order valence-electron chi connectivity index (χ2n) is 5.27. The van der Waals surface area contributed by atoms with Gasteiger partial charge in [0.15, 0.2) is 0 Å². The van der Waals surface area contributed by atoms with E-state index in [0.717, 1.165) is 11.8 Å². The molecule has 2 fully saturated rings. The summed E-state index contributed by atoms with van der Waals surface area (Å²) in [5, 5.41) is 0. The van der Waals surface area contributed by atoms with Crippen LogP contribution in [0.4, 0.5) is 0 Å². The van der Waals surface area contributed by atoms with E-state index in [0.29, 0.717) is 6.04 Å². The monoisotopic (exact) mass is 244 g/mol. The molecule has 2 saturated heterocycles. The minimum absolute atomic E-state index is 0.478. The molecule has 0 saturated carbocycles. The van der Waals surface area contributed by atoms with Crippen LogP contribution in [-0.2, 0) is 10.8 Å². The van der Waals surface area contributed by atoms with Gasteiger partial charge in [0, 0.05) is 41.4 Å². The molecule has 16 heavy (non-hydrogen) atoms. The molecule has 2 aliphatic rings. The first kappa shape index (κ1) is 12.5. The number of fused-ring (bicyclic) bond motifs is 1. The topological polar surface area (TPSA) is 23.6 Å². The molecule has 0 N–H and O–H groups in total. The van der Waals surface area contributed by atoms with Gasteiger partial charge < -0.3 is 0 Å². The fourth-order valence-corrected chi connectivity index (χ4v) is 3.97. The fourth-order valence-electron chi connectivity index (χ4n) is 3.08. The van der Waals surface area contributed by atoms with Crippen molar-refractivity contribution in [2.75, 3.05) is 38.2 Å². The van der Waals surface area contributed by atoms with Crippen molar-refractivity contribution in [1.82, 2.24) is 9.80 Å². The number of nitrogens with zero attached hydrogens (tertiary/aromatic N) is 2. The molecule has 0 aromatic carbocycles. The third-order valence-corrected chi connectivity index (χ3v) is 4.89. The van der Waals surface area contributed by atoms with Gasteiger partial charge in [0.05, 0.1) is 0 Å². The van der Waals surface area contributed by atoms with Crippen LogP contribution >= 0.6 is 0 Å². The van der Waals surface area contributed by atoms with E-state index in [1.54, 1.807) is 0 Å². The average molecular weight is 244 g/mol. The predicted molar refractivity (Wildman–Crippen MR) is 69.2 cm³/mol. The Kier molecular flexibility index (Phi) is 4.39. The van der Waals surface area contributed by atoms with E-state index in [2.05, 4.69) is 16.7 Å². The van der Waals surface area contributed by atoms with Crippen molar-refractivity contribution in [1.29, 1.82) is 0 Å². The van der Waals surface area contributed by atoms with Crippen molar-refractivity contribution >= 4 is 10.8 Å². The summed E-state index contributed by atoms with van der Waals surface area (Å²) in [6.07, 6.45) is 5.82. The quantitative estimate of drug-likeness (QED) is 0.738. The lowest BCUT2D eigenvalue weighted by atomic mass is 10.2. The third-order valence-electron chi connectivity index (χ3n) is 3.93. The maximum atomic E-state index is 11.3. The van der Waals surface area contributed by atoms with E-state index in [1.165, 1.54) is 45.4 Å². The zero-order valence-electron chi connectivity index (χ0n) is 10.5. The van der Waals surface area contributed by atoms with Crippen LogP contribution in [0.5, 0.6) is 0 Å². The van der Waals surface area contributed by atoms with E-state index in [9.17, 15) is 4.21 Å². The van der Waals surface area contributed by atoms with Crippen molar-refractivity contribution in [3.63, 3.8) is 0 Å². The van der Waals surface area contributed by atoms with E-state index in [1.807, 2.05) is 6.26 Å². The Labute approximate surface area is 102 Å². The highest BCUT2D eigenvalue weighted by molar-refractivity contribution is 7.84. The Morgan fingerprint density at radius 2 is 2.06 bits per heavy atom. The van der Waals surface area contributed by atoms with Crippen LogP contribution in [0.15, 0.2) is 0 Å². The molecule has 94 valence electrons. The summed E-state index contributed by atoms with van der Waals surface area (Å²) < 4.78 is 11.3. The van der Waals surface area contributed by atoms with E-state index < -0.39 is 10.8 Å². The van der Waals surface area contributed by atoms with Gasteiger partial charge in [-0.1, -0.05) is 0 Å². The standard InChI is InChI=1S/C12H24N2OS/c1-11(10-16(2)15)14-8-4-7-13-6-3-5-12(13)9-14/h11-12H,3-10H2,1-2H3. The zero-order valence-corrected chi connectivity index (χ0v) is 11.3. The molecule has 0 radical (unpaired) electrons. The van der Waals surface area contributed by atoms with Gasteiger partial charge in [0.1, 0.15) is 0 Å². The lowest BCUT2D eigenvalue weighted by molar-refractivity contribution is 0.192. The number of hydrogen-bond donors (Lipinski definition) is 0. The zero-order chi connectivity index (χ0) is 11.5. The van der Waals surface area contributed by atoms with Gasteiger partial charge in [0.25, 0.3) is 0 Å². The Morgan fingerprint density at radius 3 is 2.81 bits per heavy atom. The Morgan fingerprint density at radius 1 is 1.31 bits per heavy atom. The van der Waals surface area contributed by atoms with E-state index in [4.69, 9.17) is 0 Å². The first-order chi connectivity index (χ1) is 7.66. The molecule has 0 bridgehead atoms. The minimum atomic E-state index is -0.665. The summed E-state index contributed by atoms with van der Waals surface area (Å²) in [4.78, 5) is 5.20. The Hall–Kier alpha value is 0.0700. The Balaban J connectivity index is 1.92. The van der Waals surface area contributed by atoms with Crippen LogP contribution in [0.2, 0.25) is 0 Å². The second kappa shape index (κ2) is 5.61.